The Hall–Kier alpha value is -1.09. The summed E-state index contributed by atoms with van der Waals surface area (Å²) in [6.07, 6.45) is 3.80. The Morgan fingerprint density at radius 3 is 2.67 bits per heavy atom. The highest BCUT2D eigenvalue weighted by atomic mass is 16.1. The van der Waals surface area contributed by atoms with Crippen LogP contribution in [0.2, 0.25) is 0 Å². The zero-order valence-electron chi connectivity index (χ0n) is 11.8. The molecule has 0 aliphatic heterocycles. The molecule has 0 amide bonds. The number of ketones is 1. The minimum absolute atomic E-state index is 0.256. The van der Waals surface area contributed by atoms with Crippen molar-refractivity contribution in [2.45, 2.75) is 40.0 Å². The number of Topliss-reactive ketones (excluding diaryl/α,β-unsaturated/α-hetero) is 1. The van der Waals surface area contributed by atoms with Crippen molar-refractivity contribution < 1.29 is 4.79 Å². The predicted molar refractivity (Wildman–Crippen MR) is 74.1 cm³/mol. The van der Waals surface area contributed by atoms with E-state index in [1.54, 1.807) is 0 Å². The monoisotopic (exact) mass is 248 g/mol. The first-order valence-corrected chi connectivity index (χ1v) is 7.02. The van der Waals surface area contributed by atoms with E-state index >= 15 is 0 Å². The Labute approximate surface area is 110 Å². The van der Waals surface area contributed by atoms with E-state index in [-0.39, 0.29) is 5.78 Å². The fraction of sp³-hybridized carbons (Fsp3) is 0.667. The molecule has 100 valence electrons. The summed E-state index contributed by atoms with van der Waals surface area (Å²) in [5.41, 5.74) is 2.94. The maximum atomic E-state index is 12.3. The Kier molecular flexibility index (Phi) is 4.23. The second-order valence-electron chi connectivity index (χ2n) is 5.59. The van der Waals surface area contributed by atoms with Gasteiger partial charge in [0.05, 0.1) is 6.54 Å². The van der Waals surface area contributed by atoms with Gasteiger partial charge in [0.15, 0.2) is 5.78 Å². The molecule has 0 spiro atoms. The molecule has 0 saturated heterocycles. The lowest BCUT2D eigenvalue weighted by molar-refractivity contribution is 0.0927. The molecule has 0 unspecified atom stereocenters. The standard InChI is InChI=1S/C15H24N2O/c1-4-7-17(9-13-5-6-13)10-15(18)14-8-11(2)16-12(14)3/h8,13,16H,4-7,9-10H2,1-3H3. The summed E-state index contributed by atoms with van der Waals surface area (Å²) in [6, 6.07) is 1.97. The van der Waals surface area contributed by atoms with Crippen LogP contribution in [0, 0.1) is 19.8 Å². The van der Waals surface area contributed by atoms with E-state index in [4.69, 9.17) is 0 Å². The van der Waals surface area contributed by atoms with Gasteiger partial charge in [-0.25, -0.2) is 0 Å². The molecule has 0 aromatic carbocycles. The number of hydrogen-bond donors (Lipinski definition) is 1. The van der Waals surface area contributed by atoms with E-state index in [9.17, 15) is 4.79 Å². The van der Waals surface area contributed by atoms with Gasteiger partial charge in [-0.1, -0.05) is 6.92 Å². The summed E-state index contributed by atoms with van der Waals surface area (Å²) >= 11 is 0. The van der Waals surface area contributed by atoms with Crippen molar-refractivity contribution in [3.05, 3.63) is 23.0 Å². The second kappa shape index (κ2) is 5.70. The van der Waals surface area contributed by atoms with Crippen molar-refractivity contribution in [1.29, 1.82) is 0 Å². The molecule has 0 atom stereocenters. The van der Waals surface area contributed by atoms with E-state index in [0.717, 1.165) is 42.4 Å². The van der Waals surface area contributed by atoms with Gasteiger partial charge >= 0.3 is 0 Å². The van der Waals surface area contributed by atoms with Crippen LogP contribution in [0.5, 0.6) is 0 Å². The smallest absolute Gasteiger partial charge is 0.178 e. The molecule has 3 nitrogen and oxygen atoms in total. The number of hydrogen-bond acceptors (Lipinski definition) is 2. The van der Waals surface area contributed by atoms with Crippen LogP contribution in [0.15, 0.2) is 6.07 Å². The highest BCUT2D eigenvalue weighted by molar-refractivity contribution is 5.98. The number of H-pyrrole nitrogens is 1. The second-order valence-corrected chi connectivity index (χ2v) is 5.59. The number of carbonyl (C=O) groups is 1. The summed E-state index contributed by atoms with van der Waals surface area (Å²) in [7, 11) is 0. The van der Waals surface area contributed by atoms with Gasteiger partial charge in [-0.2, -0.15) is 0 Å². The molecule has 0 radical (unpaired) electrons. The SMILES string of the molecule is CCCN(CC(=O)c1cc(C)[nH]c1C)CC1CC1. The van der Waals surface area contributed by atoms with Crippen LogP contribution < -0.4 is 0 Å². The fourth-order valence-electron chi connectivity index (χ4n) is 2.52. The van der Waals surface area contributed by atoms with E-state index in [0.29, 0.717) is 6.54 Å². The largest absolute Gasteiger partial charge is 0.362 e. The van der Waals surface area contributed by atoms with Crippen molar-refractivity contribution in [1.82, 2.24) is 9.88 Å². The number of carbonyl (C=O) groups excluding carboxylic acids is 1. The molecule has 18 heavy (non-hydrogen) atoms. The quantitative estimate of drug-likeness (QED) is 0.753. The van der Waals surface area contributed by atoms with E-state index in [1.807, 2.05) is 19.9 Å². The molecule has 3 heteroatoms. The third-order valence-electron chi connectivity index (χ3n) is 3.57. The molecule has 2 rings (SSSR count). The molecule has 1 aliphatic carbocycles. The zero-order chi connectivity index (χ0) is 13.1. The number of rotatable bonds is 7. The van der Waals surface area contributed by atoms with Gasteiger partial charge in [-0.05, 0) is 51.6 Å². The molecular formula is C15H24N2O. The summed E-state index contributed by atoms with van der Waals surface area (Å²) in [5, 5.41) is 0. The van der Waals surface area contributed by atoms with Gasteiger partial charge in [0.2, 0.25) is 0 Å². The van der Waals surface area contributed by atoms with Crippen molar-refractivity contribution in [2.24, 2.45) is 5.92 Å². The number of aromatic amines is 1. The molecule has 1 heterocycles. The third kappa shape index (κ3) is 3.45. The molecule has 1 aromatic heterocycles. The van der Waals surface area contributed by atoms with Crippen LogP contribution in [0.25, 0.3) is 0 Å². The lowest BCUT2D eigenvalue weighted by atomic mass is 10.1. The Balaban J connectivity index is 1.96. The molecule has 1 aromatic rings. The van der Waals surface area contributed by atoms with Crippen LogP contribution in [0.1, 0.15) is 47.9 Å². The molecule has 1 N–H and O–H groups in total. The molecule has 1 aliphatic rings. The van der Waals surface area contributed by atoms with E-state index in [2.05, 4.69) is 16.8 Å². The minimum Gasteiger partial charge on any atom is -0.362 e. The summed E-state index contributed by atoms with van der Waals surface area (Å²) in [4.78, 5) is 17.8. The third-order valence-corrected chi connectivity index (χ3v) is 3.57. The van der Waals surface area contributed by atoms with Gasteiger partial charge < -0.3 is 4.98 Å². The normalized spacial score (nSPS) is 15.3. The average molecular weight is 248 g/mol. The Bertz CT molecular complexity index is 418. The van der Waals surface area contributed by atoms with Gasteiger partial charge in [0.25, 0.3) is 0 Å². The summed E-state index contributed by atoms with van der Waals surface area (Å²) < 4.78 is 0. The summed E-state index contributed by atoms with van der Waals surface area (Å²) in [5.74, 6) is 1.10. The van der Waals surface area contributed by atoms with Gasteiger partial charge in [-0.3, -0.25) is 9.69 Å². The van der Waals surface area contributed by atoms with E-state index < -0.39 is 0 Å². The number of aromatic nitrogens is 1. The highest BCUT2D eigenvalue weighted by Gasteiger charge is 2.25. The average Bonchev–Trinajstić information content (AvgIpc) is 3.03. The molecule has 0 bridgehead atoms. The predicted octanol–water partition coefficient (Wildman–Crippen LogP) is 2.94. The number of nitrogens with one attached hydrogen (secondary N) is 1. The molecule has 1 saturated carbocycles. The Morgan fingerprint density at radius 2 is 2.17 bits per heavy atom. The molecule has 1 fully saturated rings. The van der Waals surface area contributed by atoms with Crippen LogP contribution in [0.4, 0.5) is 0 Å². The lowest BCUT2D eigenvalue weighted by Gasteiger charge is -2.20. The maximum Gasteiger partial charge on any atom is 0.178 e. The van der Waals surface area contributed by atoms with Crippen molar-refractivity contribution >= 4 is 5.78 Å². The summed E-state index contributed by atoms with van der Waals surface area (Å²) in [6.45, 7) is 8.86. The first kappa shape index (κ1) is 13.3. The van der Waals surface area contributed by atoms with Crippen molar-refractivity contribution in [3.63, 3.8) is 0 Å². The van der Waals surface area contributed by atoms with Gasteiger partial charge in [0, 0.05) is 23.5 Å². The maximum absolute atomic E-state index is 12.3. The van der Waals surface area contributed by atoms with Crippen LogP contribution in [-0.2, 0) is 0 Å². The van der Waals surface area contributed by atoms with Crippen LogP contribution >= 0.6 is 0 Å². The number of nitrogens with zero attached hydrogens (tertiary/aromatic N) is 1. The fourth-order valence-corrected chi connectivity index (χ4v) is 2.52. The highest BCUT2D eigenvalue weighted by Crippen LogP contribution is 2.29. The zero-order valence-corrected chi connectivity index (χ0v) is 11.8. The number of aryl methyl sites for hydroxylation is 2. The van der Waals surface area contributed by atoms with Crippen molar-refractivity contribution in [2.75, 3.05) is 19.6 Å². The van der Waals surface area contributed by atoms with Crippen LogP contribution in [0.3, 0.4) is 0 Å². The minimum atomic E-state index is 0.256. The first-order chi connectivity index (χ1) is 8.60. The van der Waals surface area contributed by atoms with Gasteiger partial charge in [0.1, 0.15) is 0 Å². The lowest BCUT2D eigenvalue weighted by Crippen LogP contribution is -2.32. The first-order valence-electron chi connectivity index (χ1n) is 7.02. The molecular weight excluding hydrogens is 224 g/mol. The van der Waals surface area contributed by atoms with Crippen LogP contribution in [-0.4, -0.2) is 35.3 Å². The van der Waals surface area contributed by atoms with E-state index in [1.165, 1.54) is 12.8 Å². The van der Waals surface area contributed by atoms with Gasteiger partial charge in [-0.15, -0.1) is 0 Å². The van der Waals surface area contributed by atoms with Crippen molar-refractivity contribution in [3.8, 4) is 0 Å². The topological polar surface area (TPSA) is 36.1 Å². The Morgan fingerprint density at radius 1 is 1.44 bits per heavy atom.